The van der Waals surface area contributed by atoms with Crippen molar-refractivity contribution >= 4 is 40.8 Å². The summed E-state index contributed by atoms with van der Waals surface area (Å²) in [4.78, 5) is 26.4. The first kappa shape index (κ1) is 24.7. The molecule has 1 unspecified atom stereocenters. The minimum Gasteiger partial charge on any atom is -0.342 e. The number of benzene rings is 3. The van der Waals surface area contributed by atoms with E-state index >= 15 is 0 Å². The van der Waals surface area contributed by atoms with Gasteiger partial charge in [-0.15, -0.1) is 0 Å². The van der Waals surface area contributed by atoms with Crippen LogP contribution in [0.1, 0.15) is 29.2 Å². The molecule has 0 fully saturated rings. The van der Waals surface area contributed by atoms with E-state index in [0.717, 1.165) is 28.2 Å². The Hall–Kier alpha value is -4.46. The lowest BCUT2D eigenvalue weighted by Gasteiger charge is -2.17. The summed E-state index contributed by atoms with van der Waals surface area (Å²) in [6, 6.07) is 21.0. The zero-order chi connectivity index (χ0) is 25.7. The third-order valence-electron chi connectivity index (χ3n) is 5.67. The molecule has 8 heteroatoms. The molecule has 1 heterocycles. The van der Waals surface area contributed by atoms with Crippen molar-refractivity contribution in [3.63, 3.8) is 0 Å². The van der Waals surface area contributed by atoms with Crippen LogP contribution in [0.4, 0.5) is 34.9 Å². The van der Waals surface area contributed by atoms with Crippen LogP contribution < -0.4 is 21.3 Å². The van der Waals surface area contributed by atoms with E-state index in [4.69, 9.17) is 0 Å². The quantitative estimate of drug-likeness (QED) is 0.243. The number of anilines is 6. The molecule has 0 spiro atoms. The largest absolute Gasteiger partial charge is 0.342 e. The van der Waals surface area contributed by atoms with Gasteiger partial charge < -0.3 is 21.3 Å². The fraction of sp³-hybridized carbons (Fsp3) is 0.214. The van der Waals surface area contributed by atoms with Gasteiger partial charge in [-0.2, -0.15) is 15.0 Å². The Kier molecular flexibility index (Phi) is 7.44. The monoisotopic (exact) mass is 481 g/mol. The number of rotatable bonds is 8. The molecule has 4 aromatic rings. The van der Waals surface area contributed by atoms with Crippen molar-refractivity contribution in [3.05, 3.63) is 89.0 Å². The first-order valence-electron chi connectivity index (χ1n) is 11.8. The highest BCUT2D eigenvalue weighted by molar-refractivity contribution is 5.96. The van der Waals surface area contributed by atoms with Gasteiger partial charge in [-0.05, 0) is 70.0 Å². The second-order valence-electron chi connectivity index (χ2n) is 8.91. The number of carbonyl (C=O) groups excluding carboxylic acids is 1. The van der Waals surface area contributed by atoms with E-state index in [9.17, 15) is 4.79 Å². The third-order valence-corrected chi connectivity index (χ3v) is 5.67. The van der Waals surface area contributed by atoms with E-state index in [0.29, 0.717) is 11.9 Å². The van der Waals surface area contributed by atoms with Crippen molar-refractivity contribution in [2.45, 2.75) is 40.7 Å². The number of amides is 1. The molecule has 36 heavy (non-hydrogen) atoms. The van der Waals surface area contributed by atoms with Gasteiger partial charge in [0, 0.05) is 17.1 Å². The third kappa shape index (κ3) is 6.35. The van der Waals surface area contributed by atoms with Gasteiger partial charge in [-0.25, -0.2) is 0 Å². The zero-order valence-electron chi connectivity index (χ0n) is 21.2. The Labute approximate surface area is 211 Å². The Bertz CT molecular complexity index is 1300. The normalized spacial score (nSPS) is 11.5. The molecule has 1 atom stereocenters. The molecular formula is C28H31N7O. The topological polar surface area (TPSA) is 104 Å². The average Bonchev–Trinajstić information content (AvgIpc) is 2.83. The highest BCUT2D eigenvalue weighted by Gasteiger charge is 2.16. The zero-order valence-corrected chi connectivity index (χ0v) is 21.2. The summed E-state index contributed by atoms with van der Waals surface area (Å²) < 4.78 is 0. The molecule has 3 aromatic carbocycles. The Morgan fingerprint density at radius 2 is 1.19 bits per heavy atom. The molecule has 4 N–H and O–H groups in total. The van der Waals surface area contributed by atoms with E-state index in [-0.39, 0.29) is 11.9 Å². The maximum Gasteiger partial charge on any atom is 0.246 e. The summed E-state index contributed by atoms with van der Waals surface area (Å²) in [5.41, 5.74) is 7.00. The van der Waals surface area contributed by atoms with Crippen molar-refractivity contribution in [3.8, 4) is 0 Å². The summed E-state index contributed by atoms with van der Waals surface area (Å²) in [6.45, 7) is 9.92. The molecule has 0 bridgehead atoms. The summed E-state index contributed by atoms with van der Waals surface area (Å²) in [7, 11) is 0. The highest BCUT2D eigenvalue weighted by atomic mass is 16.2. The minimum absolute atomic E-state index is 0.200. The van der Waals surface area contributed by atoms with Crippen LogP contribution in [-0.2, 0) is 4.79 Å². The summed E-state index contributed by atoms with van der Waals surface area (Å²) >= 11 is 0. The predicted octanol–water partition coefficient (Wildman–Crippen LogP) is 6.03. The minimum atomic E-state index is -0.587. The van der Waals surface area contributed by atoms with E-state index in [2.05, 4.69) is 62.2 Å². The molecule has 0 radical (unpaired) electrons. The van der Waals surface area contributed by atoms with E-state index in [1.807, 2.05) is 68.4 Å². The van der Waals surface area contributed by atoms with Crippen molar-refractivity contribution in [1.82, 2.24) is 15.0 Å². The second kappa shape index (κ2) is 10.9. The standard InChI is InChI=1S/C28H31N7O/c1-17-11-13-23(19(3)15-17)31-27-33-26(29-21(5)25(36)30-22-9-7-6-8-10-22)34-28(35-27)32-24-14-12-18(2)16-20(24)4/h6-16,21H,1-5H3,(H,30,36)(H3,29,31,32,33,34,35). The molecule has 0 saturated heterocycles. The van der Waals surface area contributed by atoms with Crippen LogP contribution in [0.5, 0.6) is 0 Å². The Morgan fingerprint density at radius 3 is 1.69 bits per heavy atom. The number of carbonyl (C=O) groups is 1. The van der Waals surface area contributed by atoms with E-state index < -0.39 is 6.04 Å². The molecule has 1 amide bonds. The molecule has 8 nitrogen and oxygen atoms in total. The highest BCUT2D eigenvalue weighted by Crippen LogP contribution is 2.24. The predicted molar refractivity (Wildman–Crippen MR) is 146 cm³/mol. The number of hydrogen-bond acceptors (Lipinski definition) is 7. The van der Waals surface area contributed by atoms with Crippen LogP contribution in [0.2, 0.25) is 0 Å². The van der Waals surface area contributed by atoms with Gasteiger partial charge in [0.05, 0.1) is 0 Å². The number of aromatic nitrogens is 3. The molecule has 0 aliphatic heterocycles. The number of nitrogens with zero attached hydrogens (tertiary/aromatic N) is 3. The smallest absolute Gasteiger partial charge is 0.246 e. The lowest BCUT2D eigenvalue weighted by atomic mass is 10.1. The van der Waals surface area contributed by atoms with Crippen LogP contribution in [0.25, 0.3) is 0 Å². The summed E-state index contributed by atoms with van der Waals surface area (Å²) in [5, 5.41) is 12.6. The van der Waals surface area contributed by atoms with Crippen LogP contribution in [0.15, 0.2) is 66.7 Å². The lowest BCUT2D eigenvalue weighted by Crippen LogP contribution is -2.32. The van der Waals surface area contributed by atoms with Crippen molar-refractivity contribution < 1.29 is 4.79 Å². The van der Waals surface area contributed by atoms with Gasteiger partial charge in [0.1, 0.15) is 6.04 Å². The van der Waals surface area contributed by atoms with Gasteiger partial charge in [0.25, 0.3) is 0 Å². The number of nitrogens with one attached hydrogen (secondary N) is 4. The first-order valence-corrected chi connectivity index (χ1v) is 11.8. The van der Waals surface area contributed by atoms with Gasteiger partial charge in [0.15, 0.2) is 0 Å². The lowest BCUT2D eigenvalue weighted by molar-refractivity contribution is -0.116. The van der Waals surface area contributed by atoms with Crippen molar-refractivity contribution in [1.29, 1.82) is 0 Å². The molecule has 0 aliphatic carbocycles. The average molecular weight is 482 g/mol. The number of aryl methyl sites for hydroxylation is 4. The van der Waals surface area contributed by atoms with Crippen LogP contribution in [0.3, 0.4) is 0 Å². The van der Waals surface area contributed by atoms with Gasteiger partial charge >= 0.3 is 0 Å². The fourth-order valence-corrected chi connectivity index (χ4v) is 3.73. The van der Waals surface area contributed by atoms with Crippen LogP contribution >= 0.6 is 0 Å². The van der Waals surface area contributed by atoms with E-state index in [1.54, 1.807) is 6.92 Å². The van der Waals surface area contributed by atoms with Gasteiger partial charge in [-0.1, -0.05) is 53.6 Å². The number of para-hydroxylation sites is 1. The maximum atomic E-state index is 12.7. The summed E-state index contributed by atoms with van der Waals surface area (Å²) in [6.07, 6.45) is 0. The van der Waals surface area contributed by atoms with Gasteiger partial charge in [0.2, 0.25) is 23.8 Å². The van der Waals surface area contributed by atoms with Crippen LogP contribution in [-0.4, -0.2) is 26.9 Å². The molecular weight excluding hydrogens is 450 g/mol. The fourth-order valence-electron chi connectivity index (χ4n) is 3.73. The van der Waals surface area contributed by atoms with Crippen molar-refractivity contribution in [2.24, 2.45) is 0 Å². The van der Waals surface area contributed by atoms with Crippen LogP contribution in [0, 0.1) is 27.7 Å². The molecule has 0 aliphatic rings. The van der Waals surface area contributed by atoms with Crippen molar-refractivity contribution in [2.75, 3.05) is 21.3 Å². The summed E-state index contributed by atoms with van der Waals surface area (Å²) in [5.74, 6) is 0.805. The molecule has 0 saturated carbocycles. The number of hydrogen-bond donors (Lipinski definition) is 4. The van der Waals surface area contributed by atoms with E-state index in [1.165, 1.54) is 11.1 Å². The van der Waals surface area contributed by atoms with Gasteiger partial charge in [-0.3, -0.25) is 4.79 Å². The SMILES string of the molecule is Cc1ccc(Nc2nc(Nc3ccc(C)cc3C)nc(NC(C)C(=O)Nc3ccccc3)n2)c(C)c1. The molecule has 4 rings (SSSR count). The molecule has 184 valence electrons. The Morgan fingerprint density at radius 1 is 0.694 bits per heavy atom. The maximum absolute atomic E-state index is 12.7. The Balaban J connectivity index is 1.60. The first-order chi connectivity index (χ1) is 17.3. The molecule has 1 aromatic heterocycles. The second-order valence-corrected chi connectivity index (χ2v) is 8.91.